The summed E-state index contributed by atoms with van der Waals surface area (Å²) in [5, 5.41) is 5.79. The predicted molar refractivity (Wildman–Crippen MR) is 94.3 cm³/mol. The molecule has 2 aromatic heterocycles. The molecule has 0 spiro atoms. The molecule has 0 unspecified atom stereocenters. The van der Waals surface area contributed by atoms with Crippen molar-refractivity contribution in [2.75, 3.05) is 16.5 Å². The third kappa shape index (κ3) is 4.05. The van der Waals surface area contributed by atoms with Crippen LogP contribution in [0.4, 0.5) is 17.3 Å². The molecule has 3 rings (SSSR count). The van der Waals surface area contributed by atoms with E-state index in [4.69, 9.17) is 11.6 Å². The Morgan fingerprint density at radius 2 is 1.71 bits per heavy atom. The lowest BCUT2D eigenvalue weighted by atomic mass is 10.2. The Hall–Kier alpha value is -2.99. The average molecular weight is 340 g/mol. The van der Waals surface area contributed by atoms with Crippen LogP contribution in [0.1, 0.15) is 0 Å². The SMILES string of the molecule is O=C(CCl)Nc1ccc(Nc2nccc(-c3ccccn3)n2)cc1. The highest BCUT2D eigenvalue weighted by Gasteiger charge is 2.04. The number of benzene rings is 1. The van der Waals surface area contributed by atoms with Crippen LogP contribution in [-0.2, 0) is 4.79 Å². The second-order valence-electron chi connectivity index (χ2n) is 4.86. The van der Waals surface area contributed by atoms with Crippen LogP contribution < -0.4 is 10.6 Å². The van der Waals surface area contributed by atoms with E-state index in [1.807, 2.05) is 30.3 Å². The molecule has 0 radical (unpaired) electrons. The highest BCUT2D eigenvalue weighted by atomic mass is 35.5. The first-order valence-corrected chi connectivity index (χ1v) is 7.75. The Morgan fingerprint density at radius 1 is 0.917 bits per heavy atom. The maximum absolute atomic E-state index is 11.2. The Balaban J connectivity index is 1.73. The van der Waals surface area contributed by atoms with Gasteiger partial charge in [-0.2, -0.15) is 0 Å². The molecule has 1 aromatic carbocycles. The third-order valence-electron chi connectivity index (χ3n) is 3.13. The number of nitrogens with zero attached hydrogens (tertiary/aromatic N) is 3. The number of aromatic nitrogens is 3. The van der Waals surface area contributed by atoms with E-state index in [0.717, 1.165) is 17.1 Å². The van der Waals surface area contributed by atoms with Crippen molar-refractivity contribution >= 4 is 34.8 Å². The summed E-state index contributed by atoms with van der Waals surface area (Å²) in [5.74, 6) is 0.146. The first-order chi connectivity index (χ1) is 11.7. The Kier molecular flexibility index (Phi) is 4.98. The van der Waals surface area contributed by atoms with Crippen LogP contribution in [0.5, 0.6) is 0 Å². The van der Waals surface area contributed by atoms with Gasteiger partial charge in [0.2, 0.25) is 11.9 Å². The zero-order valence-electron chi connectivity index (χ0n) is 12.6. The fourth-order valence-corrected chi connectivity index (χ4v) is 2.10. The van der Waals surface area contributed by atoms with E-state index in [1.165, 1.54) is 0 Å². The van der Waals surface area contributed by atoms with Crippen LogP contribution in [0, 0.1) is 0 Å². The zero-order valence-corrected chi connectivity index (χ0v) is 13.4. The van der Waals surface area contributed by atoms with Gasteiger partial charge in [0.05, 0.1) is 11.4 Å². The number of nitrogens with one attached hydrogen (secondary N) is 2. The highest BCUT2D eigenvalue weighted by Crippen LogP contribution is 2.19. The molecule has 3 aromatic rings. The van der Waals surface area contributed by atoms with Gasteiger partial charge in [-0.1, -0.05) is 6.07 Å². The molecule has 0 atom stereocenters. The molecule has 2 N–H and O–H groups in total. The smallest absolute Gasteiger partial charge is 0.239 e. The van der Waals surface area contributed by atoms with Gasteiger partial charge >= 0.3 is 0 Å². The minimum absolute atomic E-state index is 0.0752. The molecule has 0 aliphatic rings. The molecule has 7 heteroatoms. The van der Waals surface area contributed by atoms with Gasteiger partial charge in [-0.25, -0.2) is 9.97 Å². The fraction of sp³-hybridized carbons (Fsp3) is 0.0588. The molecule has 1 amide bonds. The van der Waals surface area contributed by atoms with Gasteiger partial charge in [0.25, 0.3) is 0 Å². The fourth-order valence-electron chi connectivity index (χ4n) is 2.04. The zero-order chi connectivity index (χ0) is 16.8. The Bertz CT molecular complexity index is 824. The van der Waals surface area contributed by atoms with Crippen LogP contribution in [0.3, 0.4) is 0 Å². The monoisotopic (exact) mass is 339 g/mol. The summed E-state index contributed by atoms with van der Waals surface area (Å²) < 4.78 is 0. The molecule has 0 saturated carbocycles. The lowest BCUT2D eigenvalue weighted by Crippen LogP contribution is -2.12. The predicted octanol–water partition coefficient (Wildman–Crippen LogP) is 3.46. The summed E-state index contributed by atoms with van der Waals surface area (Å²) in [6.07, 6.45) is 3.40. The number of pyridine rings is 1. The van der Waals surface area contributed by atoms with Crippen molar-refractivity contribution in [2.24, 2.45) is 0 Å². The maximum Gasteiger partial charge on any atom is 0.239 e. The minimum atomic E-state index is -0.247. The van der Waals surface area contributed by atoms with Crippen LogP contribution in [0.15, 0.2) is 60.9 Å². The summed E-state index contributed by atoms with van der Waals surface area (Å²) in [5.41, 5.74) is 2.99. The lowest BCUT2D eigenvalue weighted by Gasteiger charge is -2.08. The molecule has 0 aliphatic heterocycles. The molecular weight excluding hydrogens is 326 g/mol. The van der Waals surface area contributed by atoms with Crippen LogP contribution >= 0.6 is 11.6 Å². The molecule has 0 fully saturated rings. The van der Waals surface area contributed by atoms with Crippen LogP contribution in [0.2, 0.25) is 0 Å². The number of amides is 1. The minimum Gasteiger partial charge on any atom is -0.325 e. The van der Waals surface area contributed by atoms with Crippen LogP contribution in [0.25, 0.3) is 11.4 Å². The van der Waals surface area contributed by atoms with Gasteiger partial charge in [0.1, 0.15) is 5.88 Å². The third-order valence-corrected chi connectivity index (χ3v) is 3.37. The molecule has 0 aliphatic carbocycles. The normalized spacial score (nSPS) is 10.2. The highest BCUT2D eigenvalue weighted by molar-refractivity contribution is 6.29. The molecule has 2 heterocycles. The summed E-state index contributed by atoms with van der Waals surface area (Å²) in [7, 11) is 0. The van der Waals surface area contributed by atoms with E-state index >= 15 is 0 Å². The van der Waals surface area contributed by atoms with Crippen molar-refractivity contribution in [3.63, 3.8) is 0 Å². The van der Waals surface area contributed by atoms with E-state index in [9.17, 15) is 4.79 Å². The molecule has 0 saturated heterocycles. The van der Waals surface area contributed by atoms with Crippen molar-refractivity contribution in [2.45, 2.75) is 0 Å². The van der Waals surface area contributed by atoms with Crippen molar-refractivity contribution in [1.82, 2.24) is 15.0 Å². The molecular formula is C17H14ClN5O. The number of hydrogen-bond acceptors (Lipinski definition) is 5. The summed E-state index contributed by atoms with van der Waals surface area (Å²) in [6, 6.07) is 14.6. The van der Waals surface area contributed by atoms with Crippen molar-refractivity contribution in [1.29, 1.82) is 0 Å². The van der Waals surface area contributed by atoms with E-state index < -0.39 is 0 Å². The van der Waals surface area contributed by atoms with Gasteiger partial charge in [-0.15, -0.1) is 11.6 Å². The van der Waals surface area contributed by atoms with Gasteiger partial charge in [0.15, 0.2) is 0 Å². The standard InChI is InChI=1S/C17H14ClN5O/c18-11-16(24)21-12-4-6-13(7-5-12)22-17-20-10-8-15(23-17)14-3-1-2-9-19-14/h1-10H,11H2,(H,21,24)(H,20,22,23). The van der Waals surface area contributed by atoms with Gasteiger partial charge in [0, 0.05) is 23.8 Å². The van der Waals surface area contributed by atoms with E-state index in [-0.39, 0.29) is 11.8 Å². The molecule has 120 valence electrons. The second-order valence-corrected chi connectivity index (χ2v) is 5.13. The average Bonchev–Trinajstić information content (AvgIpc) is 2.64. The van der Waals surface area contributed by atoms with E-state index in [2.05, 4.69) is 25.6 Å². The number of anilines is 3. The van der Waals surface area contributed by atoms with Gasteiger partial charge in [-0.05, 0) is 42.5 Å². The number of halogens is 1. The van der Waals surface area contributed by atoms with E-state index in [1.54, 1.807) is 30.6 Å². The molecule has 24 heavy (non-hydrogen) atoms. The topological polar surface area (TPSA) is 79.8 Å². The summed E-state index contributed by atoms with van der Waals surface area (Å²) in [4.78, 5) is 24.2. The lowest BCUT2D eigenvalue weighted by molar-refractivity contribution is -0.113. The van der Waals surface area contributed by atoms with Gasteiger partial charge in [-0.3, -0.25) is 9.78 Å². The van der Waals surface area contributed by atoms with Crippen molar-refractivity contribution in [3.8, 4) is 11.4 Å². The largest absolute Gasteiger partial charge is 0.325 e. The molecule has 6 nitrogen and oxygen atoms in total. The number of rotatable bonds is 5. The quantitative estimate of drug-likeness (QED) is 0.696. The van der Waals surface area contributed by atoms with Gasteiger partial charge < -0.3 is 10.6 Å². The number of carbonyl (C=O) groups is 1. The maximum atomic E-state index is 11.2. The molecule has 0 bridgehead atoms. The first kappa shape index (κ1) is 15.9. The summed E-state index contributed by atoms with van der Waals surface area (Å²) >= 11 is 5.46. The number of alkyl halides is 1. The number of carbonyl (C=O) groups excluding carboxylic acids is 1. The summed E-state index contributed by atoms with van der Waals surface area (Å²) in [6.45, 7) is 0. The second kappa shape index (κ2) is 7.52. The Labute approximate surface area is 143 Å². The number of hydrogen-bond donors (Lipinski definition) is 2. The van der Waals surface area contributed by atoms with Crippen LogP contribution in [-0.4, -0.2) is 26.7 Å². The Morgan fingerprint density at radius 3 is 2.42 bits per heavy atom. The van der Waals surface area contributed by atoms with Crippen molar-refractivity contribution in [3.05, 3.63) is 60.9 Å². The van der Waals surface area contributed by atoms with Crippen molar-refractivity contribution < 1.29 is 4.79 Å². The van der Waals surface area contributed by atoms with E-state index in [0.29, 0.717) is 11.6 Å². The first-order valence-electron chi connectivity index (χ1n) is 7.22.